The summed E-state index contributed by atoms with van der Waals surface area (Å²) in [4.78, 5) is 58.8. The van der Waals surface area contributed by atoms with Crippen molar-refractivity contribution in [3.05, 3.63) is 89.0 Å². The number of anilines is 2. The van der Waals surface area contributed by atoms with Crippen LogP contribution in [0.15, 0.2) is 71.6 Å². The minimum atomic E-state index is -1.43. The van der Waals surface area contributed by atoms with Crippen molar-refractivity contribution in [3.8, 4) is 0 Å². The van der Waals surface area contributed by atoms with Crippen LogP contribution in [0.2, 0.25) is 0 Å². The van der Waals surface area contributed by atoms with Crippen molar-refractivity contribution in [1.82, 2.24) is 0 Å². The van der Waals surface area contributed by atoms with Gasteiger partial charge in [-0.2, -0.15) is 0 Å². The molecule has 10 nitrogen and oxygen atoms in total. The summed E-state index contributed by atoms with van der Waals surface area (Å²) in [6.45, 7) is 0. The molecule has 178 valence electrons. The zero-order valence-corrected chi connectivity index (χ0v) is 18.7. The Kier molecular flexibility index (Phi) is 7.85. The molecular weight excluding hydrogens is 476 g/mol. The quantitative estimate of drug-likeness (QED) is 0.278. The van der Waals surface area contributed by atoms with E-state index < -0.39 is 29.4 Å². The van der Waals surface area contributed by atoms with Gasteiger partial charge in [-0.25, -0.2) is 14.4 Å². The molecule has 2 amide bonds. The molecule has 0 aromatic heterocycles. The minimum absolute atomic E-state index is 0.0876. The first-order valence-electron chi connectivity index (χ1n) is 9.92. The predicted molar refractivity (Wildman–Crippen MR) is 128 cm³/mol. The molecule has 0 aliphatic rings. The van der Waals surface area contributed by atoms with Crippen molar-refractivity contribution in [1.29, 1.82) is 0 Å². The number of carbonyl (C=O) groups excluding carboxylic acids is 2. The Morgan fingerprint density at radius 1 is 0.629 bits per heavy atom. The van der Waals surface area contributed by atoms with Crippen molar-refractivity contribution in [2.24, 2.45) is 0 Å². The van der Waals surface area contributed by atoms with Crippen molar-refractivity contribution < 1.29 is 39.3 Å². The Labute approximate surface area is 202 Å². The second kappa shape index (κ2) is 11.0. The smallest absolute Gasteiger partial charge is 0.336 e. The Bertz CT molecular complexity index is 1300. The number of aromatic carboxylic acids is 3. The summed E-state index contributed by atoms with van der Waals surface area (Å²) >= 11 is 1.24. The van der Waals surface area contributed by atoms with Crippen LogP contribution in [0.25, 0.3) is 0 Å². The number of hydrogen-bond donors (Lipinski definition) is 5. The molecular formula is C24H18N2O8S. The third-order valence-electron chi connectivity index (χ3n) is 4.64. The van der Waals surface area contributed by atoms with Crippen LogP contribution in [0.5, 0.6) is 0 Å². The molecule has 0 saturated carbocycles. The van der Waals surface area contributed by atoms with Crippen LogP contribution < -0.4 is 10.6 Å². The first-order chi connectivity index (χ1) is 16.6. The van der Waals surface area contributed by atoms with Gasteiger partial charge in [0, 0.05) is 16.3 Å². The van der Waals surface area contributed by atoms with E-state index in [9.17, 15) is 29.1 Å². The van der Waals surface area contributed by atoms with Gasteiger partial charge in [0.2, 0.25) is 5.91 Å². The van der Waals surface area contributed by atoms with E-state index in [-0.39, 0.29) is 28.4 Å². The summed E-state index contributed by atoms with van der Waals surface area (Å²) in [7, 11) is 0. The summed E-state index contributed by atoms with van der Waals surface area (Å²) in [5.74, 6) is -4.71. The van der Waals surface area contributed by atoms with Gasteiger partial charge in [0.05, 0.1) is 28.0 Å². The number of hydrogen-bond acceptors (Lipinski definition) is 6. The second-order valence-electron chi connectivity index (χ2n) is 7.07. The molecule has 0 unspecified atom stereocenters. The highest BCUT2D eigenvalue weighted by Gasteiger charge is 2.19. The topological polar surface area (TPSA) is 170 Å². The molecule has 11 heteroatoms. The molecule has 0 heterocycles. The van der Waals surface area contributed by atoms with Gasteiger partial charge in [0.25, 0.3) is 5.91 Å². The van der Waals surface area contributed by atoms with E-state index in [0.717, 1.165) is 23.1 Å². The normalized spacial score (nSPS) is 10.3. The molecule has 0 bridgehead atoms. The van der Waals surface area contributed by atoms with Crippen LogP contribution in [0.4, 0.5) is 11.4 Å². The van der Waals surface area contributed by atoms with E-state index in [2.05, 4.69) is 10.6 Å². The Balaban J connectivity index is 1.57. The minimum Gasteiger partial charge on any atom is -0.478 e. The molecule has 3 rings (SSSR count). The molecule has 5 N–H and O–H groups in total. The molecule has 0 fully saturated rings. The lowest BCUT2D eigenvalue weighted by atomic mass is 10.0. The fourth-order valence-corrected chi connectivity index (χ4v) is 3.63. The van der Waals surface area contributed by atoms with Gasteiger partial charge < -0.3 is 26.0 Å². The number of amides is 2. The molecule has 0 aliphatic heterocycles. The molecule has 3 aromatic carbocycles. The number of thioether (sulfide) groups is 1. The lowest BCUT2D eigenvalue weighted by Crippen LogP contribution is -2.17. The Hall–Kier alpha value is -4.64. The summed E-state index contributed by atoms with van der Waals surface area (Å²) in [5.41, 5.74) is 0.0894. The first-order valence-corrected chi connectivity index (χ1v) is 10.9. The molecule has 0 radical (unpaired) electrons. The van der Waals surface area contributed by atoms with Gasteiger partial charge in [0.1, 0.15) is 0 Å². The number of carbonyl (C=O) groups is 5. The van der Waals surface area contributed by atoms with Gasteiger partial charge in [-0.05, 0) is 66.7 Å². The molecule has 0 saturated heterocycles. The van der Waals surface area contributed by atoms with Crippen LogP contribution in [0, 0.1) is 0 Å². The third kappa shape index (κ3) is 6.68. The number of rotatable bonds is 9. The number of benzene rings is 3. The Morgan fingerprint density at radius 2 is 1.17 bits per heavy atom. The summed E-state index contributed by atoms with van der Waals surface area (Å²) < 4.78 is 0. The fraction of sp³-hybridized carbons (Fsp3) is 0.0417. The molecule has 35 heavy (non-hydrogen) atoms. The van der Waals surface area contributed by atoms with Gasteiger partial charge >= 0.3 is 17.9 Å². The SMILES string of the molecule is O=C(CSc1ccc(NC(=O)c2ccc(C(=O)O)cc2C(=O)O)cc1)Nc1ccc(C(=O)O)cc1. The van der Waals surface area contributed by atoms with Gasteiger partial charge in [-0.1, -0.05) is 0 Å². The van der Waals surface area contributed by atoms with Crippen molar-refractivity contribution in [2.75, 3.05) is 16.4 Å². The van der Waals surface area contributed by atoms with E-state index in [1.165, 1.54) is 36.0 Å². The lowest BCUT2D eigenvalue weighted by molar-refractivity contribution is -0.113. The van der Waals surface area contributed by atoms with E-state index >= 15 is 0 Å². The van der Waals surface area contributed by atoms with E-state index in [1.54, 1.807) is 24.3 Å². The van der Waals surface area contributed by atoms with E-state index in [1.807, 2.05) is 0 Å². The lowest BCUT2D eigenvalue weighted by Gasteiger charge is -2.10. The Morgan fingerprint density at radius 3 is 1.74 bits per heavy atom. The highest BCUT2D eigenvalue weighted by molar-refractivity contribution is 8.00. The van der Waals surface area contributed by atoms with Crippen molar-refractivity contribution >= 4 is 52.9 Å². The summed E-state index contributed by atoms with van der Waals surface area (Å²) in [6, 6.07) is 15.5. The highest BCUT2D eigenvalue weighted by Crippen LogP contribution is 2.22. The largest absolute Gasteiger partial charge is 0.478 e. The maximum absolute atomic E-state index is 12.5. The average molecular weight is 494 g/mol. The molecule has 3 aromatic rings. The van der Waals surface area contributed by atoms with Crippen molar-refractivity contribution in [2.45, 2.75) is 4.90 Å². The molecule has 0 atom stereocenters. The molecule has 0 aliphatic carbocycles. The summed E-state index contributed by atoms with van der Waals surface area (Å²) in [6.07, 6.45) is 0. The fourth-order valence-electron chi connectivity index (χ4n) is 2.93. The zero-order chi connectivity index (χ0) is 25.5. The number of carboxylic acid groups (broad SMARTS) is 3. The van der Waals surface area contributed by atoms with Crippen LogP contribution >= 0.6 is 11.8 Å². The number of nitrogens with one attached hydrogen (secondary N) is 2. The van der Waals surface area contributed by atoms with Crippen LogP contribution in [-0.2, 0) is 4.79 Å². The second-order valence-corrected chi connectivity index (χ2v) is 8.12. The van der Waals surface area contributed by atoms with E-state index in [0.29, 0.717) is 11.4 Å². The molecule has 0 spiro atoms. The maximum Gasteiger partial charge on any atom is 0.336 e. The summed E-state index contributed by atoms with van der Waals surface area (Å²) in [5, 5.41) is 32.5. The van der Waals surface area contributed by atoms with Crippen LogP contribution in [0.3, 0.4) is 0 Å². The van der Waals surface area contributed by atoms with Crippen LogP contribution in [-0.4, -0.2) is 50.8 Å². The van der Waals surface area contributed by atoms with Gasteiger partial charge in [0.15, 0.2) is 0 Å². The highest BCUT2D eigenvalue weighted by atomic mass is 32.2. The first kappa shape index (κ1) is 25.0. The van der Waals surface area contributed by atoms with Crippen molar-refractivity contribution in [3.63, 3.8) is 0 Å². The van der Waals surface area contributed by atoms with E-state index in [4.69, 9.17) is 10.2 Å². The predicted octanol–water partition coefficient (Wildman–Crippen LogP) is 3.76. The third-order valence-corrected chi connectivity index (χ3v) is 5.65. The van der Waals surface area contributed by atoms with Gasteiger partial charge in [-0.3, -0.25) is 9.59 Å². The standard InChI is InChI=1S/C24H18N2O8S/c27-20(25-15-4-1-13(2-5-15)22(29)30)12-35-17-8-6-16(7-9-17)26-21(28)18-10-3-14(23(31)32)11-19(18)24(33)34/h1-11H,12H2,(H,25,27)(H,26,28)(H,29,30)(H,31,32)(H,33,34). The van der Waals surface area contributed by atoms with Gasteiger partial charge in [-0.15, -0.1) is 11.8 Å². The average Bonchev–Trinajstić information content (AvgIpc) is 2.83. The maximum atomic E-state index is 12.5. The monoisotopic (exact) mass is 494 g/mol. The van der Waals surface area contributed by atoms with Crippen LogP contribution in [0.1, 0.15) is 41.4 Å². The zero-order valence-electron chi connectivity index (χ0n) is 17.8. The number of carboxylic acids is 3.